The zero-order valence-electron chi connectivity index (χ0n) is 44.4. The Morgan fingerprint density at radius 1 is 0.299 bits per heavy atom. The normalized spacial score (nSPS) is 12.5. The van der Waals surface area contributed by atoms with Gasteiger partial charge in [0.25, 0.3) is 0 Å². The van der Waals surface area contributed by atoms with Gasteiger partial charge in [-0.15, -0.1) is 0 Å². The van der Waals surface area contributed by atoms with Crippen LogP contribution in [0.15, 0.2) is 60.8 Å². The Labute approximate surface area is 415 Å². The van der Waals surface area contributed by atoms with Crippen LogP contribution < -0.4 is 0 Å². The number of hydrogen-bond donors (Lipinski definition) is 0. The lowest BCUT2D eigenvalue weighted by Crippen LogP contribution is -2.30. The quantitative estimate of drug-likeness (QED) is 0.0262. The number of carbonyl (C=O) groups is 3. The lowest BCUT2D eigenvalue weighted by atomic mass is 10.0. The highest BCUT2D eigenvalue weighted by Crippen LogP contribution is 2.15. The van der Waals surface area contributed by atoms with Crippen LogP contribution in [0.2, 0.25) is 0 Å². The number of unbranched alkanes of at least 4 members (excludes halogenated alkanes) is 31. The second kappa shape index (κ2) is 55.7. The molecule has 0 rings (SSSR count). The van der Waals surface area contributed by atoms with Gasteiger partial charge in [-0.25, -0.2) is 0 Å². The molecule has 1 atom stereocenters. The molecule has 0 saturated carbocycles. The fraction of sp³-hybridized carbons (Fsp3) is 0.787. The van der Waals surface area contributed by atoms with Crippen LogP contribution in [0, 0.1) is 0 Å². The predicted molar refractivity (Wildman–Crippen MR) is 288 cm³/mol. The van der Waals surface area contributed by atoms with Gasteiger partial charge in [0, 0.05) is 19.3 Å². The summed E-state index contributed by atoms with van der Waals surface area (Å²) in [5, 5.41) is 0. The molecule has 0 saturated heterocycles. The molecule has 0 N–H and O–H groups in total. The van der Waals surface area contributed by atoms with E-state index in [1.807, 2.05) is 0 Å². The number of allylic oxidation sites excluding steroid dienone is 10. The summed E-state index contributed by atoms with van der Waals surface area (Å²) >= 11 is 0. The molecule has 0 spiro atoms. The van der Waals surface area contributed by atoms with Gasteiger partial charge < -0.3 is 14.2 Å². The van der Waals surface area contributed by atoms with E-state index in [0.29, 0.717) is 19.3 Å². The number of hydrogen-bond acceptors (Lipinski definition) is 6. The molecule has 0 radical (unpaired) electrons. The van der Waals surface area contributed by atoms with Crippen LogP contribution in [0.3, 0.4) is 0 Å². The molecular weight excluding hydrogens is 829 g/mol. The van der Waals surface area contributed by atoms with E-state index in [1.165, 1.54) is 167 Å². The largest absolute Gasteiger partial charge is 0.462 e. The standard InChI is InChI=1S/C61H108O6/c1-4-7-10-13-15-17-19-21-23-25-27-28-29-30-31-32-34-35-37-39-41-43-45-48-51-54-60(63)66-57-58(56-65-59(62)53-50-47-12-9-6-3)67-61(64)55-52-49-46-44-42-40-38-36-33-26-24-22-20-18-16-14-11-8-5-2/h16,18-19,21-22,24-25,27,29-30,58H,4-15,17,20,23,26,28,31-57H2,1-3H3/b18-16-,21-19-,24-22-,27-25-,30-29-. The summed E-state index contributed by atoms with van der Waals surface area (Å²) in [6.45, 7) is 6.53. The summed E-state index contributed by atoms with van der Waals surface area (Å²) in [7, 11) is 0. The minimum atomic E-state index is -0.774. The molecule has 0 bridgehead atoms. The van der Waals surface area contributed by atoms with E-state index in [4.69, 9.17) is 14.2 Å². The molecule has 1 unspecified atom stereocenters. The first kappa shape index (κ1) is 64.1. The van der Waals surface area contributed by atoms with Crippen LogP contribution in [0.4, 0.5) is 0 Å². The van der Waals surface area contributed by atoms with Gasteiger partial charge in [0.1, 0.15) is 13.2 Å². The fourth-order valence-electron chi connectivity index (χ4n) is 8.13. The van der Waals surface area contributed by atoms with Crippen molar-refractivity contribution in [2.75, 3.05) is 13.2 Å². The summed E-state index contributed by atoms with van der Waals surface area (Å²) in [5.74, 6) is -0.891. The maximum Gasteiger partial charge on any atom is 0.306 e. The molecule has 0 fully saturated rings. The maximum atomic E-state index is 12.8. The van der Waals surface area contributed by atoms with Crippen molar-refractivity contribution >= 4 is 17.9 Å². The smallest absolute Gasteiger partial charge is 0.306 e. The molecule has 388 valence electrons. The Kier molecular flexibility index (Phi) is 53.3. The van der Waals surface area contributed by atoms with Crippen LogP contribution in [0.1, 0.15) is 290 Å². The van der Waals surface area contributed by atoms with Crippen LogP contribution in [-0.2, 0) is 28.6 Å². The van der Waals surface area contributed by atoms with E-state index in [9.17, 15) is 14.4 Å². The molecule has 0 aromatic carbocycles. The number of carbonyl (C=O) groups excluding carboxylic acids is 3. The van der Waals surface area contributed by atoms with Crippen molar-refractivity contribution in [3.8, 4) is 0 Å². The van der Waals surface area contributed by atoms with Crippen LogP contribution in [-0.4, -0.2) is 37.2 Å². The van der Waals surface area contributed by atoms with Crippen molar-refractivity contribution in [3.63, 3.8) is 0 Å². The SMILES string of the molecule is CCCCC/C=C\C/C=C\CCCCCCCCCCCC(=O)OC(COC(=O)CCCCCCC)COC(=O)CCCCCCCCCCCC/C=C\C/C=C\C/C=C\CCCCCCC. The molecule has 0 aliphatic rings. The third-order valence-corrected chi connectivity index (χ3v) is 12.5. The molecule has 0 aromatic heterocycles. The van der Waals surface area contributed by atoms with Gasteiger partial charge in [0.2, 0.25) is 0 Å². The van der Waals surface area contributed by atoms with E-state index < -0.39 is 6.10 Å². The van der Waals surface area contributed by atoms with Crippen LogP contribution >= 0.6 is 0 Å². The second-order valence-corrected chi connectivity index (χ2v) is 19.2. The minimum absolute atomic E-state index is 0.0771. The predicted octanol–water partition coefficient (Wildman–Crippen LogP) is 19.2. The Morgan fingerprint density at radius 2 is 0.537 bits per heavy atom. The van der Waals surface area contributed by atoms with Crippen molar-refractivity contribution in [2.45, 2.75) is 297 Å². The van der Waals surface area contributed by atoms with E-state index in [0.717, 1.165) is 83.5 Å². The van der Waals surface area contributed by atoms with Crippen molar-refractivity contribution in [1.82, 2.24) is 0 Å². The zero-order chi connectivity index (χ0) is 48.6. The first-order valence-corrected chi connectivity index (χ1v) is 28.8. The molecular formula is C61H108O6. The van der Waals surface area contributed by atoms with Gasteiger partial charge in [-0.2, -0.15) is 0 Å². The Bertz CT molecular complexity index is 1210. The van der Waals surface area contributed by atoms with Gasteiger partial charge >= 0.3 is 17.9 Å². The van der Waals surface area contributed by atoms with Gasteiger partial charge in [0.15, 0.2) is 6.10 Å². The summed E-state index contributed by atoms with van der Waals surface area (Å²) in [5.41, 5.74) is 0. The summed E-state index contributed by atoms with van der Waals surface area (Å²) in [4.78, 5) is 37.8. The molecule has 0 aliphatic heterocycles. The highest BCUT2D eigenvalue weighted by Gasteiger charge is 2.19. The highest BCUT2D eigenvalue weighted by atomic mass is 16.6. The molecule has 67 heavy (non-hydrogen) atoms. The molecule has 0 aliphatic carbocycles. The lowest BCUT2D eigenvalue weighted by Gasteiger charge is -2.18. The topological polar surface area (TPSA) is 78.9 Å². The summed E-state index contributed by atoms with van der Waals surface area (Å²) in [6, 6.07) is 0. The first-order valence-electron chi connectivity index (χ1n) is 28.8. The first-order chi connectivity index (χ1) is 33.0. The van der Waals surface area contributed by atoms with Crippen molar-refractivity contribution in [2.24, 2.45) is 0 Å². The third-order valence-electron chi connectivity index (χ3n) is 12.5. The van der Waals surface area contributed by atoms with Gasteiger partial charge in [-0.3, -0.25) is 14.4 Å². The van der Waals surface area contributed by atoms with Gasteiger partial charge in [-0.05, 0) is 89.9 Å². The summed E-state index contributed by atoms with van der Waals surface area (Å²) in [6.07, 6.45) is 69.7. The van der Waals surface area contributed by atoms with Crippen LogP contribution in [0.5, 0.6) is 0 Å². The lowest BCUT2D eigenvalue weighted by molar-refractivity contribution is -0.167. The van der Waals surface area contributed by atoms with Gasteiger partial charge in [0.05, 0.1) is 0 Å². The van der Waals surface area contributed by atoms with E-state index in [-0.39, 0.29) is 31.1 Å². The van der Waals surface area contributed by atoms with Crippen molar-refractivity contribution in [3.05, 3.63) is 60.8 Å². The average molecular weight is 938 g/mol. The Hall–Kier alpha value is -2.89. The number of rotatable bonds is 52. The Balaban J connectivity index is 4.09. The number of ether oxygens (including phenoxy) is 3. The second-order valence-electron chi connectivity index (χ2n) is 19.2. The molecule has 0 amide bonds. The molecule has 0 aromatic rings. The van der Waals surface area contributed by atoms with E-state index >= 15 is 0 Å². The molecule has 6 nitrogen and oxygen atoms in total. The molecule has 0 heterocycles. The van der Waals surface area contributed by atoms with Gasteiger partial charge in [-0.1, -0.05) is 242 Å². The van der Waals surface area contributed by atoms with E-state index in [1.54, 1.807) is 0 Å². The minimum Gasteiger partial charge on any atom is -0.462 e. The average Bonchev–Trinajstić information content (AvgIpc) is 3.33. The maximum absolute atomic E-state index is 12.8. The van der Waals surface area contributed by atoms with E-state index in [2.05, 4.69) is 81.5 Å². The monoisotopic (exact) mass is 937 g/mol. The Morgan fingerprint density at radius 3 is 0.866 bits per heavy atom. The number of esters is 3. The molecule has 6 heteroatoms. The van der Waals surface area contributed by atoms with Crippen molar-refractivity contribution in [1.29, 1.82) is 0 Å². The van der Waals surface area contributed by atoms with Crippen molar-refractivity contribution < 1.29 is 28.6 Å². The van der Waals surface area contributed by atoms with Crippen LogP contribution in [0.25, 0.3) is 0 Å². The highest BCUT2D eigenvalue weighted by molar-refractivity contribution is 5.71. The third kappa shape index (κ3) is 53.9. The fourth-order valence-corrected chi connectivity index (χ4v) is 8.13. The zero-order valence-corrected chi connectivity index (χ0v) is 44.4. The summed E-state index contributed by atoms with van der Waals surface area (Å²) < 4.78 is 16.7.